The van der Waals surface area contributed by atoms with Gasteiger partial charge in [-0.2, -0.15) is 0 Å². The van der Waals surface area contributed by atoms with Crippen LogP contribution >= 0.6 is 0 Å². The Bertz CT molecular complexity index is 305. The third-order valence-electron chi connectivity index (χ3n) is 2.05. The largest absolute Gasteiger partial charge is 0.462 e. The zero-order chi connectivity index (χ0) is 11.8. The van der Waals surface area contributed by atoms with E-state index in [9.17, 15) is 0 Å². The van der Waals surface area contributed by atoms with E-state index < -0.39 is 0 Å². The Balaban J connectivity index is 2.25. The van der Waals surface area contributed by atoms with Crippen molar-refractivity contribution in [3.05, 3.63) is 36.3 Å². The van der Waals surface area contributed by atoms with Gasteiger partial charge in [-0.15, -0.1) is 6.58 Å². The Kier molecular flexibility index (Phi) is 5.90. The van der Waals surface area contributed by atoms with Crippen LogP contribution in [0.15, 0.2) is 29.2 Å². The fraction of sp³-hybridized carbons (Fsp3) is 0.538. The zero-order valence-corrected chi connectivity index (χ0v) is 10.2. The van der Waals surface area contributed by atoms with Gasteiger partial charge in [0.25, 0.3) is 0 Å². The third-order valence-corrected chi connectivity index (χ3v) is 2.05. The second kappa shape index (κ2) is 7.25. The van der Waals surface area contributed by atoms with Crippen LogP contribution in [0, 0.1) is 5.92 Å². The summed E-state index contributed by atoms with van der Waals surface area (Å²) in [6.45, 7) is 10.8. The molecule has 1 aromatic rings. The molecule has 1 aromatic heterocycles. The van der Waals surface area contributed by atoms with Crippen molar-refractivity contribution in [2.75, 3.05) is 13.2 Å². The van der Waals surface area contributed by atoms with E-state index in [2.05, 4.69) is 25.7 Å². The van der Waals surface area contributed by atoms with Gasteiger partial charge in [-0.05, 0) is 24.6 Å². The summed E-state index contributed by atoms with van der Waals surface area (Å²) >= 11 is 0. The standard InChI is InChI=1S/C13H21NO2/c1-4-7-15-10-13-6-5-12(16-13)9-14-8-11(2)3/h4-6,11,14H,1,7-10H2,2-3H3. The van der Waals surface area contributed by atoms with Gasteiger partial charge < -0.3 is 14.5 Å². The van der Waals surface area contributed by atoms with Gasteiger partial charge in [0, 0.05) is 0 Å². The van der Waals surface area contributed by atoms with Crippen molar-refractivity contribution in [2.24, 2.45) is 5.92 Å². The van der Waals surface area contributed by atoms with Gasteiger partial charge in [0.1, 0.15) is 18.1 Å². The SMILES string of the molecule is C=CCOCc1ccc(CNCC(C)C)o1. The quantitative estimate of drug-likeness (QED) is 0.543. The van der Waals surface area contributed by atoms with Crippen molar-refractivity contribution < 1.29 is 9.15 Å². The third kappa shape index (κ3) is 5.14. The molecular weight excluding hydrogens is 202 g/mol. The second-order valence-electron chi connectivity index (χ2n) is 4.20. The first-order valence-electron chi connectivity index (χ1n) is 5.69. The lowest BCUT2D eigenvalue weighted by molar-refractivity contribution is 0.130. The number of hydrogen-bond acceptors (Lipinski definition) is 3. The molecule has 1 heterocycles. The van der Waals surface area contributed by atoms with Crippen LogP contribution in [0.5, 0.6) is 0 Å². The fourth-order valence-corrected chi connectivity index (χ4v) is 1.32. The Morgan fingerprint density at radius 3 is 2.88 bits per heavy atom. The van der Waals surface area contributed by atoms with Crippen LogP contribution in [-0.4, -0.2) is 13.2 Å². The minimum atomic E-state index is 0.510. The summed E-state index contributed by atoms with van der Waals surface area (Å²) in [5, 5.41) is 3.33. The van der Waals surface area contributed by atoms with Gasteiger partial charge in [-0.25, -0.2) is 0 Å². The summed E-state index contributed by atoms with van der Waals surface area (Å²) in [7, 11) is 0. The number of furan rings is 1. The summed E-state index contributed by atoms with van der Waals surface area (Å²) in [5.41, 5.74) is 0. The van der Waals surface area contributed by atoms with Crippen LogP contribution in [0.2, 0.25) is 0 Å². The summed E-state index contributed by atoms with van der Waals surface area (Å²) in [5.74, 6) is 2.48. The predicted octanol–water partition coefficient (Wildman–Crippen LogP) is 2.73. The van der Waals surface area contributed by atoms with Crippen LogP contribution in [0.3, 0.4) is 0 Å². The molecule has 90 valence electrons. The molecule has 0 spiro atoms. The lowest BCUT2D eigenvalue weighted by Gasteiger charge is -2.05. The first-order valence-corrected chi connectivity index (χ1v) is 5.69. The Labute approximate surface area is 97.5 Å². The maximum atomic E-state index is 5.59. The van der Waals surface area contributed by atoms with Crippen LogP contribution in [0.1, 0.15) is 25.4 Å². The zero-order valence-electron chi connectivity index (χ0n) is 10.2. The van der Waals surface area contributed by atoms with Crippen molar-refractivity contribution in [1.82, 2.24) is 5.32 Å². The number of ether oxygens (including phenoxy) is 1. The topological polar surface area (TPSA) is 34.4 Å². The van der Waals surface area contributed by atoms with Crippen LogP contribution in [0.25, 0.3) is 0 Å². The molecule has 0 atom stereocenters. The molecule has 3 nitrogen and oxygen atoms in total. The van der Waals surface area contributed by atoms with Gasteiger partial charge in [0.2, 0.25) is 0 Å². The Morgan fingerprint density at radius 2 is 2.19 bits per heavy atom. The smallest absolute Gasteiger partial charge is 0.129 e. The Hall–Kier alpha value is -1.06. The van der Waals surface area contributed by atoms with Gasteiger partial charge in [0.15, 0.2) is 0 Å². The van der Waals surface area contributed by atoms with E-state index in [0.29, 0.717) is 19.1 Å². The maximum Gasteiger partial charge on any atom is 0.129 e. The molecule has 0 saturated carbocycles. The normalized spacial score (nSPS) is 10.9. The van der Waals surface area contributed by atoms with E-state index in [-0.39, 0.29) is 0 Å². The molecule has 0 aliphatic rings. The fourth-order valence-electron chi connectivity index (χ4n) is 1.32. The van der Waals surface area contributed by atoms with E-state index >= 15 is 0 Å². The molecule has 0 amide bonds. The lowest BCUT2D eigenvalue weighted by Crippen LogP contribution is -2.18. The highest BCUT2D eigenvalue weighted by Gasteiger charge is 2.02. The molecule has 1 rings (SSSR count). The highest BCUT2D eigenvalue weighted by molar-refractivity contribution is 5.06. The van der Waals surface area contributed by atoms with E-state index in [1.54, 1.807) is 6.08 Å². The molecule has 3 heteroatoms. The predicted molar refractivity (Wildman–Crippen MR) is 65.1 cm³/mol. The molecule has 0 bridgehead atoms. The molecule has 0 fully saturated rings. The summed E-state index contributed by atoms with van der Waals surface area (Å²) in [6, 6.07) is 3.94. The van der Waals surface area contributed by atoms with Crippen LogP contribution in [0.4, 0.5) is 0 Å². The van der Waals surface area contributed by atoms with E-state index in [4.69, 9.17) is 9.15 Å². The highest BCUT2D eigenvalue weighted by atomic mass is 16.5. The van der Waals surface area contributed by atoms with Crippen molar-refractivity contribution in [2.45, 2.75) is 27.0 Å². The average molecular weight is 223 g/mol. The molecule has 0 unspecified atom stereocenters. The molecular formula is C13H21NO2. The highest BCUT2D eigenvalue weighted by Crippen LogP contribution is 2.09. The van der Waals surface area contributed by atoms with Crippen molar-refractivity contribution in [3.63, 3.8) is 0 Å². The van der Waals surface area contributed by atoms with Gasteiger partial charge in [-0.1, -0.05) is 19.9 Å². The van der Waals surface area contributed by atoms with Gasteiger partial charge in [-0.3, -0.25) is 0 Å². The van der Waals surface area contributed by atoms with Crippen molar-refractivity contribution in [1.29, 1.82) is 0 Å². The molecule has 16 heavy (non-hydrogen) atoms. The number of rotatable bonds is 8. The van der Waals surface area contributed by atoms with Gasteiger partial charge >= 0.3 is 0 Å². The first-order chi connectivity index (χ1) is 7.72. The molecule has 0 aliphatic carbocycles. The van der Waals surface area contributed by atoms with Crippen LogP contribution < -0.4 is 5.32 Å². The van der Waals surface area contributed by atoms with E-state index in [1.807, 2.05) is 12.1 Å². The second-order valence-corrected chi connectivity index (χ2v) is 4.20. The summed E-state index contributed by atoms with van der Waals surface area (Å²) in [4.78, 5) is 0. The van der Waals surface area contributed by atoms with Crippen LogP contribution in [-0.2, 0) is 17.9 Å². The lowest BCUT2D eigenvalue weighted by atomic mass is 10.2. The minimum absolute atomic E-state index is 0.510. The number of hydrogen-bond donors (Lipinski definition) is 1. The van der Waals surface area contributed by atoms with Crippen molar-refractivity contribution in [3.8, 4) is 0 Å². The first kappa shape index (κ1) is 13.0. The molecule has 1 N–H and O–H groups in total. The van der Waals surface area contributed by atoms with E-state index in [0.717, 1.165) is 24.6 Å². The minimum Gasteiger partial charge on any atom is -0.462 e. The van der Waals surface area contributed by atoms with Gasteiger partial charge in [0.05, 0.1) is 13.2 Å². The maximum absolute atomic E-state index is 5.59. The monoisotopic (exact) mass is 223 g/mol. The molecule has 0 aliphatic heterocycles. The average Bonchev–Trinajstić information content (AvgIpc) is 2.66. The molecule has 0 saturated heterocycles. The van der Waals surface area contributed by atoms with Crippen molar-refractivity contribution >= 4 is 0 Å². The number of nitrogens with one attached hydrogen (secondary N) is 1. The Morgan fingerprint density at radius 1 is 1.44 bits per heavy atom. The summed E-state index contributed by atoms with van der Waals surface area (Å²) in [6.07, 6.45) is 1.73. The summed E-state index contributed by atoms with van der Waals surface area (Å²) < 4.78 is 10.9. The van der Waals surface area contributed by atoms with E-state index in [1.165, 1.54) is 0 Å². The molecule has 0 radical (unpaired) electrons. The molecule has 0 aromatic carbocycles.